The summed E-state index contributed by atoms with van der Waals surface area (Å²) in [5, 5.41) is 5.08. The van der Waals surface area contributed by atoms with Gasteiger partial charge in [-0.3, -0.25) is 4.79 Å². The summed E-state index contributed by atoms with van der Waals surface area (Å²) in [6, 6.07) is 3.71. The van der Waals surface area contributed by atoms with Gasteiger partial charge in [-0.1, -0.05) is 11.6 Å². The predicted molar refractivity (Wildman–Crippen MR) is 71.4 cm³/mol. The number of nitrogen functional groups attached to an aromatic ring is 1. The smallest absolute Gasteiger partial charge is 0.226 e. The summed E-state index contributed by atoms with van der Waals surface area (Å²) in [6.07, 6.45) is 0.257. The predicted octanol–water partition coefficient (Wildman–Crippen LogP) is 2.30. The first kappa shape index (κ1) is 12.3. The van der Waals surface area contributed by atoms with Crippen molar-refractivity contribution in [1.29, 1.82) is 0 Å². The summed E-state index contributed by atoms with van der Waals surface area (Å²) < 4.78 is 0.724. The van der Waals surface area contributed by atoms with Gasteiger partial charge in [-0.15, -0.1) is 22.7 Å². The van der Waals surface area contributed by atoms with E-state index in [9.17, 15) is 4.79 Å². The second kappa shape index (κ2) is 5.48. The first-order valence-electron chi connectivity index (χ1n) is 4.84. The van der Waals surface area contributed by atoms with Gasteiger partial charge in [0.2, 0.25) is 5.91 Å². The zero-order chi connectivity index (χ0) is 12.3. The molecule has 0 aliphatic heterocycles. The van der Waals surface area contributed by atoms with E-state index >= 15 is 0 Å². The Bertz CT molecular complexity index is 523. The van der Waals surface area contributed by atoms with E-state index in [1.54, 1.807) is 5.38 Å². The fourth-order valence-electron chi connectivity index (χ4n) is 1.26. The SMILES string of the molecule is Nc1nc(CC(=O)NCc2ccc(Cl)s2)cs1. The van der Waals surface area contributed by atoms with Gasteiger partial charge < -0.3 is 11.1 Å². The summed E-state index contributed by atoms with van der Waals surface area (Å²) >= 11 is 8.58. The Hall–Kier alpha value is -1.11. The van der Waals surface area contributed by atoms with Crippen molar-refractivity contribution >= 4 is 45.3 Å². The first-order chi connectivity index (χ1) is 8.13. The van der Waals surface area contributed by atoms with Crippen LogP contribution < -0.4 is 11.1 Å². The maximum Gasteiger partial charge on any atom is 0.226 e. The molecule has 0 fully saturated rings. The maximum absolute atomic E-state index is 11.6. The lowest BCUT2D eigenvalue weighted by Crippen LogP contribution is -2.24. The average molecular weight is 288 g/mol. The number of anilines is 1. The van der Waals surface area contributed by atoms with Crippen LogP contribution in [0.5, 0.6) is 0 Å². The molecule has 3 N–H and O–H groups in total. The van der Waals surface area contributed by atoms with Crippen LogP contribution in [0, 0.1) is 0 Å². The van der Waals surface area contributed by atoms with Crippen molar-refractivity contribution < 1.29 is 4.79 Å². The number of hydrogen-bond acceptors (Lipinski definition) is 5. The maximum atomic E-state index is 11.6. The highest BCUT2D eigenvalue weighted by Gasteiger charge is 2.07. The molecule has 0 radical (unpaired) electrons. The quantitative estimate of drug-likeness (QED) is 0.907. The fraction of sp³-hybridized carbons (Fsp3) is 0.200. The molecule has 17 heavy (non-hydrogen) atoms. The van der Waals surface area contributed by atoms with Crippen LogP contribution in [-0.2, 0) is 17.8 Å². The molecule has 4 nitrogen and oxygen atoms in total. The van der Waals surface area contributed by atoms with E-state index in [0.717, 1.165) is 9.21 Å². The number of carbonyl (C=O) groups is 1. The lowest BCUT2D eigenvalue weighted by molar-refractivity contribution is -0.120. The van der Waals surface area contributed by atoms with Crippen LogP contribution in [0.15, 0.2) is 17.5 Å². The Kier molecular flexibility index (Phi) is 3.98. The van der Waals surface area contributed by atoms with Crippen molar-refractivity contribution in [2.45, 2.75) is 13.0 Å². The number of nitrogens with zero attached hydrogens (tertiary/aromatic N) is 1. The highest BCUT2D eigenvalue weighted by atomic mass is 35.5. The van der Waals surface area contributed by atoms with Crippen LogP contribution in [0.2, 0.25) is 4.34 Å². The minimum absolute atomic E-state index is 0.0696. The summed E-state index contributed by atoms with van der Waals surface area (Å²) in [5.74, 6) is -0.0696. The van der Waals surface area contributed by atoms with E-state index in [1.807, 2.05) is 12.1 Å². The minimum Gasteiger partial charge on any atom is -0.375 e. The van der Waals surface area contributed by atoms with Crippen LogP contribution in [0.1, 0.15) is 10.6 Å². The Balaban J connectivity index is 1.82. The molecule has 1 amide bonds. The van der Waals surface area contributed by atoms with Gasteiger partial charge in [0, 0.05) is 10.3 Å². The second-order valence-electron chi connectivity index (χ2n) is 3.34. The average Bonchev–Trinajstić information content (AvgIpc) is 2.85. The van der Waals surface area contributed by atoms with E-state index in [2.05, 4.69) is 10.3 Å². The first-order valence-corrected chi connectivity index (χ1v) is 6.91. The Labute approximate surface area is 111 Å². The topological polar surface area (TPSA) is 68.0 Å². The summed E-state index contributed by atoms with van der Waals surface area (Å²) in [6.45, 7) is 0.496. The number of nitrogens with one attached hydrogen (secondary N) is 1. The Morgan fingerprint density at radius 2 is 2.35 bits per heavy atom. The lowest BCUT2D eigenvalue weighted by Gasteiger charge is -2.01. The normalized spacial score (nSPS) is 10.4. The van der Waals surface area contributed by atoms with Gasteiger partial charge in [-0.05, 0) is 12.1 Å². The molecular formula is C10H10ClN3OS2. The zero-order valence-corrected chi connectivity index (χ0v) is 11.2. The number of nitrogens with two attached hydrogens (primary N) is 1. The van der Waals surface area contributed by atoms with Gasteiger partial charge in [-0.25, -0.2) is 4.98 Å². The van der Waals surface area contributed by atoms with Crippen molar-refractivity contribution in [3.63, 3.8) is 0 Å². The zero-order valence-electron chi connectivity index (χ0n) is 8.77. The molecule has 0 bridgehead atoms. The number of carbonyl (C=O) groups excluding carboxylic acids is 1. The molecule has 0 unspecified atom stereocenters. The van der Waals surface area contributed by atoms with E-state index in [0.29, 0.717) is 17.4 Å². The van der Waals surface area contributed by atoms with Crippen LogP contribution in [0.3, 0.4) is 0 Å². The molecule has 2 rings (SSSR count). The molecule has 2 heterocycles. The minimum atomic E-state index is -0.0696. The molecule has 2 aromatic heterocycles. The number of amides is 1. The number of aromatic nitrogens is 1. The summed E-state index contributed by atoms with van der Waals surface area (Å²) in [7, 11) is 0. The van der Waals surface area contributed by atoms with Crippen molar-refractivity contribution in [1.82, 2.24) is 10.3 Å². The molecular weight excluding hydrogens is 278 g/mol. The van der Waals surface area contributed by atoms with Crippen molar-refractivity contribution in [2.24, 2.45) is 0 Å². The number of thiophene rings is 1. The largest absolute Gasteiger partial charge is 0.375 e. The van der Waals surface area contributed by atoms with Crippen LogP contribution in [-0.4, -0.2) is 10.9 Å². The standard InChI is InChI=1S/C10H10ClN3OS2/c11-8-2-1-7(17-8)4-13-9(15)3-6-5-16-10(12)14-6/h1-2,5H,3-4H2,(H2,12,14)(H,13,15). The molecule has 0 aliphatic carbocycles. The fourth-order valence-corrected chi connectivity index (χ4v) is 2.85. The van der Waals surface area contributed by atoms with Crippen molar-refractivity contribution in [3.05, 3.63) is 32.4 Å². The van der Waals surface area contributed by atoms with E-state index in [-0.39, 0.29) is 12.3 Å². The number of halogens is 1. The third-order valence-electron chi connectivity index (χ3n) is 2.00. The lowest BCUT2D eigenvalue weighted by atomic mass is 10.3. The molecule has 0 aliphatic rings. The molecule has 0 aromatic carbocycles. The van der Waals surface area contributed by atoms with Crippen molar-refractivity contribution in [2.75, 3.05) is 5.73 Å². The highest BCUT2D eigenvalue weighted by molar-refractivity contribution is 7.16. The Morgan fingerprint density at radius 3 is 2.94 bits per heavy atom. The van der Waals surface area contributed by atoms with E-state index < -0.39 is 0 Å². The summed E-state index contributed by atoms with van der Waals surface area (Å²) in [4.78, 5) is 16.6. The second-order valence-corrected chi connectivity index (χ2v) is 6.03. The molecule has 0 spiro atoms. The molecule has 0 saturated carbocycles. The van der Waals surface area contributed by atoms with Crippen LogP contribution in [0.4, 0.5) is 5.13 Å². The third-order valence-corrected chi connectivity index (χ3v) is 3.95. The van der Waals surface area contributed by atoms with Gasteiger partial charge in [-0.2, -0.15) is 0 Å². The Morgan fingerprint density at radius 1 is 1.53 bits per heavy atom. The monoisotopic (exact) mass is 287 g/mol. The van der Waals surface area contributed by atoms with Crippen LogP contribution >= 0.6 is 34.3 Å². The van der Waals surface area contributed by atoms with E-state index in [1.165, 1.54) is 22.7 Å². The molecule has 2 aromatic rings. The number of rotatable bonds is 4. The van der Waals surface area contributed by atoms with Crippen LogP contribution in [0.25, 0.3) is 0 Å². The van der Waals surface area contributed by atoms with Crippen molar-refractivity contribution in [3.8, 4) is 0 Å². The van der Waals surface area contributed by atoms with Gasteiger partial charge in [0.1, 0.15) is 0 Å². The van der Waals surface area contributed by atoms with Gasteiger partial charge in [0.25, 0.3) is 0 Å². The number of thiazole rings is 1. The third kappa shape index (κ3) is 3.69. The van der Waals surface area contributed by atoms with Gasteiger partial charge in [0.05, 0.1) is 23.0 Å². The van der Waals surface area contributed by atoms with Gasteiger partial charge >= 0.3 is 0 Å². The molecule has 0 saturated heterocycles. The highest BCUT2D eigenvalue weighted by Crippen LogP contribution is 2.21. The molecule has 7 heteroatoms. The molecule has 0 atom stereocenters. The van der Waals surface area contributed by atoms with Gasteiger partial charge in [0.15, 0.2) is 5.13 Å². The summed E-state index contributed by atoms with van der Waals surface area (Å²) in [5.41, 5.74) is 6.19. The van der Waals surface area contributed by atoms with E-state index in [4.69, 9.17) is 17.3 Å². The number of hydrogen-bond donors (Lipinski definition) is 2. The molecule has 90 valence electrons.